The summed E-state index contributed by atoms with van der Waals surface area (Å²) in [5, 5.41) is 6.99. The Morgan fingerprint density at radius 1 is 1.29 bits per heavy atom. The number of rotatable bonds is 3. The number of hydrogen-bond acceptors (Lipinski definition) is 6. The number of hydrogen-bond donors (Lipinski definition) is 2. The zero-order valence-corrected chi connectivity index (χ0v) is 16.5. The van der Waals surface area contributed by atoms with Crippen molar-refractivity contribution in [3.63, 3.8) is 0 Å². The summed E-state index contributed by atoms with van der Waals surface area (Å²) in [6.07, 6.45) is 4.19. The quantitative estimate of drug-likeness (QED) is 0.835. The molecule has 3 heterocycles. The van der Waals surface area contributed by atoms with Gasteiger partial charge in [0.1, 0.15) is 4.88 Å². The van der Waals surface area contributed by atoms with Crippen LogP contribution in [0.5, 0.6) is 0 Å². The zero-order valence-electron chi connectivity index (χ0n) is 14.1. The number of thiazole rings is 2. The van der Waals surface area contributed by atoms with Gasteiger partial charge in [0.05, 0.1) is 11.2 Å². The molecule has 0 aliphatic carbocycles. The lowest BCUT2D eigenvalue weighted by Crippen LogP contribution is -2.26. The van der Waals surface area contributed by atoms with Crippen LogP contribution in [0.1, 0.15) is 59.8 Å². The molecule has 0 spiro atoms. The molecule has 2 N–H and O–H groups in total. The van der Waals surface area contributed by atoms with Crippen molar-refractivity contribution in [2.45, 2.75) is 44.9 Å². The minimum absolute atomic E-state index is 0. The number of nitrogens with zero attached hydrogens (tertiary/aromatic N) is 2. The molecule has 132 valence electrons. The predicted molar refractivity (Wildman–Crippen MR) is 103 cm³/mol. The van der Waals surface area contributed by atoms with E-state index < -0.39 is 0 Å². The molecule has 1 aliphatic rings. The number of nitrogens with one attached hydrogen (secondary N) is 2. The highest BCUT2D eigenvalue weighted by atomic mass is 35.5. The normalized spacial score (nSPS) is 15.8. The first-order valence-electron chi connectivity index (χ1n) is 7.87. The van der Waals surface area contributed by atoms with Gasteiger partial charge >= 0.3 is 0 Å². The molecule has 24 heavy (non-hydrogen) atoms. The van der Waals surface area contributed by atoms with Gasteiger partial charge in [-0.25, -0.2) is 9.97 Å². The molecule has 0 saturated carbocycles. The molecule has 3 rings (SSSR count). The van der Waals surface area contributed by atoms with E-state index in [2.05, 4.69) is 41.4 Å². The number of amides is 1. The van der Waals surface area contributed by atoms with Gasteiger partial charge in [-0.3, -0.25) is 10.1 Å². The second kappa shape index (κ2) is 7.91. The van der Waals surface area contributed by atoms with Crippen molar-refractivity contribution in [1.82, 2.24) is 15.3 Å². The van der Waals surface area contributed by atoms with Crippen LogP contribution in [0, 0.1) is 0 Å². The summed E-state index contributed by atoms with van der Waals surface area (Å²) < 4.78 is 0. The lowest BCUT2D eigenvalue weighted by atomic mass is 9.91. The molecule has 8 heteroatoms. The Kier molecular flexibility index (Phi) is 6.36. The maximum absolute atomic E-state index is 12.5. The third-order valence-electron chi connectivity index (χ3n) is 3.97. The van der Waals surface area contributed by atoms with Gasteiger partial charge in [-0.15, -0.1) is 35.1 Å². The van der Waals surface area contributed by atoms with E-state index in [4.69, 9.17) is 0 Å². The van der Waals surface area contributed by atoms with E-state index in [-0.39, 0.29) is 23.7 Å². The summed E-state index contributed by atoms with van der Waals surface area (Å²) in [6, 6.07) is 0. The van der Waals surface area contributed by atoms with Crippen molar-refractivity contribution in [2.75, 3.05) is 18.4 Å². The molecule has 5 nitrogen and oxygen atoms in total. The first-order valence-corrected chi connectivity index (χ1v) is 9.56. The van der Waals surface area contributed by atoms with Crippen molar-refractivity contribution in [3.8, 4) is 0 Å². The first-order chi connectivity index (χ1) is 10.9. The van der Waals surface area contributed by atoms with E-state index in [1.54, 1.807) is 16.8 Å². The molecule has 0 radical (unpaired) electrons. The number of aromatic nitrogens is 2. The SMILES string of the molecule is CC(C)(C)c1ncsc1C(=O)Nc1ncc(C2CCNCC2)s1.Cl. The molecule has 0 atom stereocenters. The van der Waals surface area contributed by atoms with E-state index in [9.17, 15) is 4.79 Å². The maximum atomic E-state index is 12.5. The van der Waals surface area contributed by atoms with Crippen LogP contribution in [0.2, 0.25) is 0 Å². The number of halogens is 1. The first kappa shape index (κ1) is 19.3. The summed E-state index contributed by atoms with van der Waals surface area (Å²) in [5.74, 6) is 0.455. The number of piperidine rings is 1. The zero-order chi connectivity index (χ0) is 16.4. The van der Waals surface area contributed by atoms with Crippen LogP contribution in [0.4, 0.5) is 5.13 Å². The number of carbonyl (C=O) groups is 1. The van der Waals surface area contributed by atoms with Crippen LogP contribution in [0.15, 0.2) is 11.7 Å². The molecule has 1 amide bonds. The van der Waals surface area contributed by atoms with Crippen molar-refractivity contribution in [2.24, 2.45) is 0 Å². The fraction of sp³-hybridized carbons (Fsp3) is 0.562. The third kappa shape index (κ3) is 4.33. The minimum Gasteiger partial charge on any atom is -0.317 e. The highest BCUT2D eigenvalue weighted by molar-refractivity contribution is 7.16. The third-order valence-corrected chi connectivity index (χ3v) is 5.87. The average Bonchev–Trinajstić information content (AvgIpc) is 3.16. The van der Waals surface area contributed by atoms with E-state index in [1.165, 1.54) is 16.2 Å². The van der Waals surface area contributed by atoms with Crippen molar-refractivity contribution < 1.29 is 4.79 Å². The Morgan fingerprint density at radius 2 is 2.00 bits per heavy atom. The van der Waals surface area contributed by atoms with Gasteiger partial charge < -0.3 is 5.32 Å². The standard InChI is InChI=1S/C16H22N4OS2.ClH/c1-16(2,3)13-12(22-9-19-13)14(21)20-15-18-8-11(23-15)10-4-6-17-7-5-10;/h8-10,17H,4-7H2,1-3H3,(H,18,20,21);1H. The highest BCUT2D eigenvalue weighted by Crippen LogP contribution is 2.33. The van der Waals surface area contributed by atoms with Crippen LogP contribution in [-0.4, -0.2) is 29.0 Å². The smallest absolute Gasteiger partial charge is 0.269 e. The van der Waals surface area contributed by atoms with Crippen LogP contribution in [0.3, 0.4) is 0 Å². The van der Waals surface area contributed by atoms with Gasteiger partial charge in [0.2, 0.25) is 0 Å². The van der Waals surface area contributed by atoms with Crippen LogP contribution in [0.25, 0.3) is 0 Å². The van der Waals surface area contributed by atoms with Gasteiger partial charge in [-0.2, -0.15) is 0 Å². The van der Waals surface area contributed by atoms with Crippen LogP contribution < -0.4 is 10.6 Å². The fourth-order valence-electron chi connectivity index (χ4n) is 2.73. The van der Waals surface area contributed by atoms with Crippen molar-refractivity contribution >= 4 is 46.1 Å². The van der Waals surface area contributed by atoms with Gasteiger partial charge in [-0.05, 0) is 31.8 Å². The van der Waals surface area contributed by atoms with E-state index in [1.807, 2.05) is 6.20 Å². The fourth-order valence-corrected chi connectivity index (χ4v) is 4.61. The molecule has 0 bridgehead atoms. The Balaban J connectivity index is 0.00000208. The largest absolute Gasteiger partial charge is 0.317 e. The molecule has 1 aliphatic heterocycles. The molecule has 2 aromatic heterocycles. The van der Waals surface area contributed by atoms with Gasteiger partial charge in [-0.1, -0.05) is 20.8 Å². The van der Waals surface area contributed by atoms with E-state index in [0.717, 1.165) is 31.6 Å². The minimum atomic E-state index is -0.143. The predicted octanol–water partition coefficient (Wildman–Crippen LogP) is 4.04. The Hall–Kier alpha value is -1.02. The number of carbonyl (C=O) groups excluding carboxylic acids is 1. The summed E-state index contributed by atoms with van der Waals surface area (Å²) in [4.78, 5) is 23.2. The summed E-state index contributed by atoms with van der Waals surface area (Å²) in [7, 11) is 0. The van der Waals surface area contributed by atoms with E-state index >= 15 is 0 Å². The van der Waals surface area contributed by atoms with Gasteiger partial charge in [0.15, 0.2) is 5.13 Å². The lowest BCUT2D eigenvalue weighted by Gasteiger charge is -2.20. The van der Waals surface area contributed by atoms with Crippen molar-refractivity contribution in [3.05, 3.63) is 27.2 Å². The summed E-state index contributed by atoms with van der Waals surface area (Å²) >= 11 is 2.98. The summed E-state index contributed by atoms with van der Waals surface area (Å²) in [6.45, 7) is 8.31. The van der Waals surface area contributed by atoms with Crippen LogP contribution >= 0.6 is 35.1 Å². The topological polar surface area (TPSA) is 66.9 Å². The molecule has 2 aromatic rings. The Labute approximate surface area is 156 Å². The van der Waals surface area contributed by atoms with Gasteiger partial charge in [0, 0.05) is 16.5 Å². The lowest BCUT2D eigenvalue weighted by molar-refractivity contribution is 0.102. The molecule has 0 unspecified atom stereocenters. The molecule has 0 aromatic carbocycles. The molecular formula is C16H23ClN4OS2. The second-order valence-electron chi connectivity index (χ2n) is 6.83. The molecular weight excluding hydrogens is 364 g/mol. The summed E-state index contributed by atoms with van der Waals surface area (Å²) in [5.41, 5.74) is 2.43. The molecule has 1 fully saturated rings. The number of anilines is 1. The second-order valence-corrected chi connectivity index (χ2v) is 8.74. The van der Waals surface area contributed by atoms with E-state index in [0.29, 0.717) is 15.9 Å². The Morgan fingerprint density at radius 3 is 2.67 bits per heavy atom. The highest BCUT2D eigenvalue weighted by Gasteiger charge is 2.25. The monoisotopic (exact) mass is 386 g/mol. The van der Waals surface area contributed by atoms with Crippen LogP contribution in [-0.2, 0) is 5.41 Å². The Bertz CT molecular complexity index is 686. The van der Waals surface area contributed by atoms with Crippen molar-refractivity contribution in [1.29, 1.82) is 0 Å². The molecule has 1 saturated heterocycles. The maximum Gasteiger partial charge on any atom is 0.269 e. The van der Waals surface area contributed by atoms with Gasteiger partial charge in [0.25, 0.3) is 5.91 Å². The average molecular weight is 387 g/mol.